The lowest BCUT2D eigenvalue weighted by atomic mass is 9.81. The molecule has 0 spiro atoms. The molecule has 380 valence electrons. The zero-order chi connectivity index (χ0) is 51.8. The Kier molecular flexibility index (Phi) is 22.9. The third kappa shape index (κ3) is 17.0. The van der Waals surface area contributed by atoms with Crippen molar-refractivity contribution in [3.63, 3.8) is 0 Å². The minimum Gasteiger partial charge on any atom is -1.00 e. The lowest BCUT2D eigenvalue weighted by molar-refractivity contribution is -0.462. The molecule has 4 nitrogen and oxygen atoms in total. The van der Waals surface area contributed by atoms with E-state index in [1.54, 1.807) is 0 Å². The van der Waals surface area contributed by atoms with E-state index in [9.17, 15) is 25.9 Å². The zero-order valence-electron chi connectivity index (χ0n) is 40.9. The molecule has 0 unspecified atom stereocenters. The molecule has 3 heterocycles. The van der Waals surface area contributed by atoms with E-state index in [-0.39, 0.29) is 14.8 Å². The van der Waals surface area contributed by atoms with E-state index in [2.05, 4.69) is 232 Å². The summed E-state index contributed by atoms with van der Waals surface area (Å²) in [6.07, 6.45) is 27.3. The van der Waals surface area contributed by atoms with Gasteiger partial charge < -0.3 is 18.9 Å². The van der Waals surface area contributed by atoms with Gasteiger partial charge >= 0.3 is 15.1 Å². The maximum absolute atomic E-state index is 9.67. The average Bonchev–Trinajstić information content (AvgIpc) is 3.56. The van der Waals surface area contributed by atoms with Crippen LogP contribution in [0.1, 0.15) is 41.7 Å². The molecule has 0 radical (unpaired) electrons. The number of nitrogens with zero attached hydrogens (tertiary/aromatic N) is 2. The highest BCUT2D eigenvalue weighted by Gasteiger charge is 2.42. The number of allylic oxidation sites excluding steroid dienone is 16. The fourth-order valence-corrected chi connectivity index (χ4v) is 8.44. The van der Waals surface area contributed by atoms with Gasteiger partial charge in [-0.15, -0.1) is 0 Å². The summed E-state index contributed by atoms with van der Waals surface area (Å²) in [7, 11) is -1.11. The van der Waals surface area contributed by atoms with E-state index in [1.165, 1.54) is 28.2 Å². The van der Waals surface area contributed by atoms with Crippen molar-refractivity contribution in [3.8, 4) is 0 Å². The van der Waals surface area contributed by atoms with Crippen molar-refractivity contribution in [1.29, 1.82) is 0 Å². The second-order valence-electron chi connectivity index (χ2n) is 16.9. The van der Waals surface area contributed by atoms with Crippen LogP contribution in [0.3, 0.4) is 0 Å². The molecule has 0 aromatic heterocycles. The Labute approximate surface area is 445 Å². The zero-order valence-corrected chi connectivity index (χ0v) is 44.0. The van der Waals surface area contributed by atoms with Crippen molar-refractivity contribution in [3.05, 3.63) is 266 Å². The Hall–Kier alpha value is -7.03. The van der Waals surface area contributed by atoms with Crippen LogP contribution in [0.5, 0.6) is 0 Å². The fraction of sp³-hybridized carbons (Fsp3) is 0.103. The van der Waals surface area contributed by atoms with E-state index in [0.717, 1.165) is 65.4 Å². The molecule has 0 saturated carbocycles. The third-order valence-corrected chi connectivity index (χ3v) is 12.5. The van der Waals surface area contributed by atoms with Crippen LogP contribution in [0.15, 0.2) is 238 Å². The van der Waals surface area contributed by atoms with Crippen molar-refractivity contribution in [2.75, 3.05) is 21.1 Å². The van der Waals surface area contributed by atoms with Crippen LogP contribution < -0.4 is 9.41 Å². The SMILES string of the molecule is C[N+](C)=C1C=CC(=CC=C2C=C(c3ccc(Br)cc3)C=C(c3ccc(Br)cc3)O2)C=C1.C[N+]1=C(C=CC=C2C=C(c3ccccc3)C=C(c3ccccc3)O2)C(C)(C)c2ccccc21.FB(F)F.FB(F)F.[F-].[F-]. The Morgan fingerprint density at radius 1 is 0.527 bits per heavy atom. The second kappa shape index (κ2) is 28.4. The van der Waals surface area contributed by atoms with Crippen molar-refractivity contribution < 1.29 is 53.9 Å². The molecule has 5 aromatic carbocycles. The molecule has 0 atom stereocenters. The largest absolute Gasteiger partial charge is 1.00 e. The van der Waals surface area contributed by atoms with Crippen LogP contribution in [0.4, 0.5) is 31.6 Å². The van der Waals surface area contributed by atoms with Crippen LogP contribution in [0, 0.1) is 0 Å². The van der Waals surface area contributed by atoms with E-state index in [1.807, 2.05) is 56.6 Å². The molecule has 5 aromatic rings. The van der Waals surface area contributed by atoms with Crippen molar-refractivity contribution >= 4 is 86.7 Å². The van der Waals surface area contributed by atoms with Gasteiger partial charge in [-0.2, -0.15) is 4.58 Å². The molecule has 0 amide bonds. The van der Waals surface area contributed by atoms with Crippen LogP contribution in [-0.2, 0) is 14.9 Å². The van der Waals surface area contributed by atoms with Gasteiger partial charge in [-0.1, -0.05) is 147 Å². The van der Waals surface area contributed by atoms with Crippen LogP contribution >= 0.6 is 31.9 Å². The standard InChI is InChI=1S/C31H28NO.C27H22Br2NO.2BF3.2FH/c1-31(2)27-18-10-11-19-28(27)32(3)30(31)20-12-17-26-21-25(23-13-6-4-7-14-23)22-29(33-26)24-15-8-5-9-16-24;1-30(2)25-14-3-19(4-15-25)5-16-26-17-22(20-6-10-23(28)11-7-20)18-27(31-26)21-8-12-24(29)13-9-21;2*2-1(3)4;;/h4-22H,1-3H3;3-18H,1-2H3;;;2*1H/q2*+1;;;;/p-2. The molecule has 9 rings (SSSR count). The van der Waals surface area contributed by atoms with E-state index < -0.39 is 15.1 Å². The first kappa shape index (κ1) is 59.5. The molecule has 1 aliphatic carbocycles. The molecule has 4 aliphatic rings. The summed E-state index contributed by atoms with van der Waals surface area (Å²) in [5.74, 6) is 3.31. The highest BCUT2D eigenvalue weighted by atomic mass is 79.9. The molecule has 0 bridgehead atoms. The number of fused-ring (bicyclic) bond motifs is 1. The predicted molar refractivity (Wildman–Crippen MR) is 293 cm³/mol. The van der Waals surface area contributed by atoms with Crippen LogP contribution in [0.2, 0.25) is 0 Å². The molecule has 0 saturated heterocycles. The number of hydrogen-bond donors (Lipinski definition) is 0. The molecule has 3 aliphatic heterocycles. The van der Waals surface area contributed by atoms with Gasteiger partial charge in [-0.3, -0.25) is 25.9 Å². The minimum absolute atomic E-state index is 0. The van der Waals surface area contributed by atoms with Gasteiger partial charge in [-0.05, 0) is 115 Å². The van der Waals surface area contributed by atoms with Crippen molar-refractivity contribution in [2.24, 2.45) is 0 Å². The maximum Gasteiger partial charge on any atom is 0.762 e. The van der Waals surface area contributed by atoms with Gasteiger partial charge in [0.05, 0.1) is 5.41 Å². The number of para-hydroxylation sites is 1. The lowest BCUT2D eigenvalue weighted by Gasteiger charge is -2.18. The van der Waals surface area contributed by atoms with Crippen molar-refractivity contribution in [1.82, 2.24) is 0 Å². The minimum atomic E-state index is -3.67. The Bertz CT molecular complexity index is 3070. The number of hydrogen-bond acceptors (Lipinski definition) is 2. The molecule has 0 N–H and O–H groups in total. The molecule has 0 fully saturated rings. The number of halogens is 10. The first-order valence-electron chi connectivity index (χ1n) is 22.6. The van der Waals surface area contributed by atoms with Gasteiger partial charge in [0.25, 0.3) is 0 Å². The Morgan fingerprint density at radius 3 is 1.43 bits per heavy atom. The molecule has 74 heavy (non-hydrogen) atoms. The maximum atomic E-state index is 9.67. The topological polar surface area (TPSA) is 24.5 Å². The number of rotatable bonds is 7. The van der Waals surface area contributed by atoms with E-state index >= 15 is 0 Å². The highest BCUT2D eigenvalue weighted by molar-refractivity contribution is 9.10. The van der Waals surface area contributed by atoms with Gasteiger partial charge in [-0.25, -0.2) is 4.58 Å². The van der Waals surface area contributed by atoms with Crippen LogP contribution in [0.25, 0.3) is 22.7 Å². The van der Waals surface area contributed by atoms with Crippen molar-refractivity contribution in [2.45, 2.75) is 19.3 Å². The van der Waals surface area contributed by atoms with E-state index in [4.69, 9.17) is 9.47 Å². The fourth-order valence-electron chi connectivity index (χ4n) is 7.91. The second-order valence-corrected chi connectivity index (χ2v) is 18.7. The molecule has 16 heteroatoms. The summed E-state index contributed by atoms with van der Waals surface area (Å²) in [6.45, 7) is 4.56. The summed E-state index contributed by atoms with van der Waals surface area (Å²) in [5.41, 5.74) is 12.8. The predicted octanol–water partition coefficient (Wildman–Crippen LogP) is 10.4. The number of ether oxygens (including phenoxy) is 2. The summed E-state index contributed by atoms with van der Waals surface area (Å²) in [5, 5.41) is 0. The van der Waals surface area contributed by atoms with Gasteiger partial charge in [0.1, 0.15) is 44.2 Å². The average molecular weight is 1140 g/mol. The Balaban J connectivity index is 0.000000274. The Morgan fingerprint density at radius 2 is 0.946 bits per heavy atom. The summed E-state index contributed by atoms with van der Waals surface area (Å²) in [4.78, 5) is 0. The van der Waals surface area contributed by atoms with E-state index in [0.29, 0.717) is 0 Å². The molecular formula is C58H50B2Br2F8N2O2. The quantitative estimate of drug-likeness (QED) is 0.0922. The smallest absolute Gasteiger partial charge is 0.762 e. The normalized spacial score (nSPS) is 15.9. The van der Waals surface area contributed by atoms with Gasteiger partial charge in [0.2, 0.25) is 5.69 Å². The highest BCUT2D eigenvalue weighted by Crippen LogP contribution is 2.39. The lowest BCUT2D eigenvalue weighted by Crippen LogP contribution is -3.00. The third-order valence-electron chi connectivity index (χ3n) is 11.4. The first-order valence-corrected chi connectivity index (χ1v) is 24.2. The summed E-state index contributed by atoms with van der Waals surface area (Å²) < 4.78 is 77.0. The van der Waals surface area contributed by atoms with Crippen LogP contribution in [-0.4, -0.2) is 56.8 Å². The molecular weight excluding hydrogens is 1090 g/mol. The summed E-state index contributed by atoms with van der Waals surface area (Å²) in [6, 6.07) is 45.8. The van der Waals surface area contributed by atoms with Gasteiger partial charge in [0.15, 0.2) is 11.4 Å². The number of benzene rings is 5. The summed E-state index contributed by atoms with van der Waals surface area (Å²) >= 11 is 7.02. The van der Waals surface area contributed by atoms with Gasteiger partial charge in [0, 0.05) is 49.9 Å². The first-order chi connectivity index (χ1) is 34.5. The monoisotopic (exact) mass is 1140 g/mol.